The van der Waals surface area contributed by atoms with Crippen molar-refractivity contribution in [3.8, 4) is 17.0 Å². The lowest BCUT2D eigenvalue weighted by Crippen LogP contribution is -2.30. The molecule has 5 heteroatoms. The highest BCUT2D eigenvalue weighted by molar-refractivity contribution is 7.09. The van der Waals surface area contributed by atoms with Crippen LogP contribution in [0, 0.1) is 6.92 Å². The quantitative estimate of drug-likeness (QED) is 0.744. The SMILES string of the molecule is Cc1nc(-c2cccc(NC(=O)[C@@H](C)Oc3ccccc3)c2)cs1. The van der Waals surface area contributed by atoms with Crippen LogP contribution in [0.4, 0.5) is 5.69 Å². The molecular weight excluding hydrogens is 320 g/mol. The molecule has 0 saturated carbocycles. The van der Waals surface area contributed by atoms with Crippen LogP contribution in [0.25, 0.3) is 11.3 Å². The Morgan fingerprint density at radius 1 is 1.17 bits per heavy atom. The predicted molar refractivity (Wildman–Crippen MR) is 97.4 cm³/mol. The molecule has 0 aliphatic carbocycles. The summed E-state index contributed by atoms with van der Waals surface area (Å²) >= 11 is 1.61. The summed E-state index contributed by atoms with van der Waals surface area (Å²) in [6.07, 6.45) is -0.586. The standard InChI is InChI=1S/C19H18N2O2S/c1-13(23-17-9-4-3-5-10-17)19(22)21-16-8-6-7-15(11-16)18-12-24-14(2)20-18/h3-13H,1-2H3,(H,21,22)/t13-/m1/s1. The first-order chi connectivity index (χ1) is 11.6. The van der Waals surface area contributed by atoms with Crippen LogP contribution in [0.1, 0.15) is 11.9 Å². The third kappa shape index (κ3) is 4.00. The Balaban J connectivity index is 1.68. The summed E-state index contributed by atoms with van der Waals surface area (Å²) in [4.78, 5) is 16.8. The van der Waals surface area contributed by atoms with E-state index in [4.69, 9.17) is 4.74 Å². The number of para-hydroxylation sites is 1. The third-order valence-electron chi connectivity index (χ3n) is 3.47. The van der Waals surface area contributed by atoms with E-state index in [0.29, 0.717) is 5.75 Å². The number of anilines is 1. The van der Waals surface area contributed by atoms with Gasteiger partial charge in [-0.2, -0.15) is 0 Å². The largest absolute Gasteiger partial charge is 0.481 e. The van der Waals surface area contributed by atoms with E-state index in [0.717, 1.165) is 22.0 Å². The van der Waals surface area contributed by atoms with E-state index in [1.807, 2.05) is 66.9 Å². The van der Waals surface area contributed by atoms with Gasteiger partial charge in [-0.3, -0.25) is 4.79 Å². The second-order valence-corrected chi connectivity index (χ2v) is 6.46. The number of carbonyl (C=O) groups excluding carboxylic acids is 1. The van der Waals surface area contributed by atoms with Gasteiger partial charge in [-0.25, -0.2) is 4.98 Å². The number of rotatable bonds is 5. The average Bonchev–Trinajstić information content (AvgIpc) is 3.02. The summed E-state index contributed by atoms with van der Waals surface area (Å²) in [5.41, 5.74) is 2.63. The number of amides is 1. The Kier molecular flexibility index (Phi) is 4.91. The van der Waals surface area contributed by atoms with E-state index in [1.54, 1.807) is 18.3 Å². The van der Waals surface area contributed by atoms with E-state index < -0.39 is 6.10 Å². The molecule has 1 atom stereocenters. The minimum atomic E-state index is -0.586. The number of carbonyl (C=O) groups is 1. The van der Waals surface area contributed by atoms with Gasteiger partial charge in [0.05, 0.1) is 10.7 Å². The molecule has 3 rings (SSSR count). The number of benzene rings is 2. The zero-order valence-electron chi connectivity index (χ0n) is 13.5. The van der Waals surface area contributed by atoms with Gasteiger partial charge in [0.25, 0.3) is 5.91 Å². The second kappa shape index (κ2) is 7.27. The number of aryl methyl sites for hydroxylation is 1. The zero-order chi connectivity index (χ0) is 16.9. The highest BCUT2D eigenvalue weighted by Crippen LogP contribution is 2.24. The number of nitrogens with one attached hydrogen (secondary N) is 1. The summed E-state index contributed by atoms with van der Waals surface area (Å²) < 4.78 is 5.64. The first-order valence-electron chi connectivity index (χ1n) is 7.67. The molecule has 0 fully saturated rings. The van der Waals surface area contributed by atoms with Gasteiger partial charge >= 0.3 is 0 Å². The van der Waals surface area contributed by atoms with Gasteiger partial charge in [0.15, 0.2) is 6.10 Å². The molecule has 0 spiro atoms. The maximum absolute atomic E-state index is 12.3. The summed E-state index contributed by atoms with van der Waals surface area (Å²) in [5.74, 6) is 0.484. The molecule has 3 aromatic rings. The molecule has 0 aliphatic heterocycles. The molecule has 1 heterocycles. The minimum absolute atomic E-state index is 0.189. The van der Waals surface area contributed by atoms with Gasteiger partial charge < -0.3 is 10.1 Å². The van der Waals surface area contributed by atoms with Crippen LogP contribution in [0.2, 0.25) is 0 Å². The number of ether oxygens (including phenoxy) is 1. The van der Waals surface area contributed by atoms with E-state index in [2.05, 4.69) is 10.3 Å². The molecule has 1 N–H and O–H groups in total. The highest BCUT2D eigenvalue weighted by atomic mass is 32.1. The fourth-order valence-electron chi connectivity index (χ4n) is 2.25. The van der Waals surface area contributed by atoms with Gasteiger partial charge in [0.1, 0.15) is 5.75 Å². The van der Waals surface area contributed by atoms with Gasteiger partial charge in [-0.15, -0.1) is 11.3 Å². The monoisotopic (exact) mass is 338 g/mol. The first kappa shape index (κ1) is 16.2. The van der Waals surface area contributed by atoms with Crippen molar-refractivity contribution in [3.05, 3.63) is 65.0 Å². The minimum Gasteiger partial charge on any atom is -0.481 e. The van der Waals surface area contributed by atoms with Crippen molar-refractivity contribution >= 4 is 22.9 Å². The Labute approximate surface area is 145 Å². The molecule has 0 bridgehead atoms. The summed E-state index contributed by atoms with van der Waals surface area (Å²) in [5, 5.41) is 5.92. The van der Waals surface area contributed by atoms with Gasteiger partial charge in [0, 0.05) is 16.6 Å². The summed E-state index contributed by atoms with van der Waals surface area (Å²) in [6, 6.07) is 17.0. The van der Waals surface area contributed by atoms with Gasteiger partial charge in [-0.1, -0.05) is 30.3 Å². The van der Waals surface area contributed by atoms with Crippen molar-refractivity contribution in [2.24, 2.45) is 0 Å². The molecule has 0 saturated heterocycles. The number of hydrogen-bond donors (Lipinski definition) is 1. The van der Waals surface area contributed by atoms with Crippen molar-refractivity contribution in [1.29, 1.82) is 0 Å². The molecule has 0 aliphatic rings. The first-order valence-corrected chi connectivity index (χ1v) is 8.55. The maximum atomic E-state index is 12.3. The van der Waals surface area contributed by atoms with E-state index in [1.165, 1.54) is 0 Å². The molecule has 1 amide bonds. The average molecular weight is 338 g/mol. The Hall–Kier alpha value is -2.66. The molecular formula is C19H18N2O2S. The van der Waals surface area contributed by atoms with Gasteiger partial charge in [-0.05, 0) is 38.1 Å². The van der Waals surface area contributed by atoms with Crippen molar-refractivity contribution < 1.29 is 9.53 Å². The lowest BCUT2D eigenvalue weighted by Gasteiger charge is -2.15. The number of nitrogens with zero attached hydrogens (tertiary/aromatic N) is 1. The molecule has 122 valence electrons. The second-order valence-electron chi connectivity index (χ2n) is 5.39. The molecule has 1 aromatic heterocycles. The van der Waals surface area contributed by atoms with Crippen molar-refractivity contribution in [3.63, 3.8) is 0 Å². The van der Waals surface area contributed by atoms with Crippen molar-refractivity contribution in [2.45, 2.75) is 20.0 Å². The fourth-order valence-corrected chi connectivity index (χ4v) is 2.87. The number of thiazole rings is 1. The summed E-state index contributed by atoms with van der Waals surface area (Å²) in [7, 11) is 0. The lowest BCUT2D eigenvalue weighted by molar-refractivity contribution is -0.122. The van der Waals surface area contributed by atoms with Gasteiger partial charge in [0.2, 0.25) is 0 Å². The van der Waals surface area contributed by atoms with Crippen LogP contribution in [-0.2, 0) is 4.79 Å². The fraction of sp³-hybridized carbons (Fsp3) is 0.158. The highest BCUT2D eigenvalue weighted by Gasteiger charge is 2.15. The van der Waals surface area contributed by atoms with E-state index >= 15 is 0 Å². The molecule has 4 nitrogen and oxygen atoms in total. The zero-order valence-corrected chi connectivity index (χ0v) is 14.3. The Bertz CT molecular complexity index is 830. The molecule has 0 unspecified atom stereocenters. The topological polar surface area (TPSA) is 51.2 Å². The van der Waals surface area contributed by atoms with E-state index in [9.17, 15) is 4.79 Å². The van der Waals surface area contributed by atoms with E-state index in [-0.39, 0.29) is 5.91 Å². The molecule has 24 heavy (non-hydrogen) atoms. The lowest BCUT2D eigenvalue weighted by atomic mass is 10.1. The molecule has 0 radical (unpaired) electrons. The van der Waals surface area contributed by atoms with Crippen LogP contribution in [0.5, 0.6) is 5.75 Å². The predicted octanol–water partition coefficient (Wildman–Crippen LogP) is 4.52. The Morgan fingerprint density at radius 2 is 1.96 bits per heavy atom. The molecule has 2 aromatic carbocycles. The Morgan fingerprint density at radius 3 is 2.67 bits per heavy atom. The van der Waals surface area contributed by atoms with Crippen LogP contribution >= 0.6 is 11.3 Å². The smallest absolute Gasteiger partial charge is 0.265 e. The number of hydrogen-bond acceptors (Lipinski definition) is 4. The van der Waals surface area contributed by atoms with Crippen LogP contribution in [-0.4, -0.2) is 17.0 Å². The van der Waals surface area contributed by atoms with Crippen LogP contribution in [0.15, 0.2) is 60.0 Å². The van der Waals surface area contributed by atoms with Crippen molar-refractivity contribution in [2.75, 3.05) is 5.32 Å². The number of aromatic nitrogens is 1. The third-order valence-corrected chi connectivity index (χ3v) is 4.24. The summed E-state index contributed by atoms with van der Waals surface area (Å²) in [6.45, 7) is 3.71. The maximum Gasteiger partial charge on any atom is 0.265 e. The van der Waals surface area contributed by atoms with Crippen LogP contribution in [0.3, 0.4) is 0 Å². The van der Waals surface area contributed by atoms with Crippen molar-refractivity contribution in [1.82, 2.24) is 4.98 Å². The normalized spacial score (nSPS) is 11.8. The van der Waals surface area contributed by atoms with Crippen LogP contribution < -0.4 is 10.1 Å².